The molecule has 1 aromatic heterocycles. The maximum Gasteiger partial charge on any atom is 0.143 e. The van der Waals surface area contributed by atoms with Gasteiger partial charge in [0.1, 0.15) is 17.4 Å². The normalized spacial score (nSPS) is 10.3. The van der Waals surface area contributed by atoms with E-state index in [2.05, 4.69) is 4.98 Å². The maximum atomic E-state index is 13.3. The highest BCUT2D eigenvalue weighted by Gasteiger charge is 2.13. The molecule has 4 heteroatoms. The van der Waals surface area contributed by atoms with Gasteiger partial charge in [-0.3, -0.25) is 9.78 Å². The van der Waals surface area contributed by atoms with Crippen LogP contribution in [-0.2, 0) is 17.6 Å². The van der Waals surface area contributed by atoms with E-state index in [-0.39, 0.29) is 24.2 Å². The van der Waals surface area contributed by atoms with Gasteiger partial charge in [0.2, 0.25) is 0 Å². The third-order valence-electron chi connectivity index (χ3n) is 2.54. The Morgan fingerprint density at radius 3 is 2.33 bits per heavy atom. The smallest absolute Gasteiger partial charge is 0.143 e. The molecular weight excluding hydrogens is 236 g/mol. The van der Waals surface area contributed by atoms with Crippen molar-refractivity contribution >= 4 is 5.78 Å². The summed E-state index contributed by atoms with van der Waals surface area (Å²) in [6.45, 7) is 0. The number of carbonyl (C=O) groups excluding carboxylic acids is 1. The average molecular weight is 247 g/mol. The third-order valence-corrected chi connectivity index (χ3v) is 2.54. The van der Waals surface area contributed by atoms with Crippen LogP contribution in [0, 0.1) is 11.6 Å². The van der Waals surface area contributed by atoms with Crippen molar-refractivity contribution in [3.8, 4) is 0 Å². The van der Waals surface area contributed by atoms with E-state index in [1.54, 1.807) is 24.4 Å². The Hall–Kier alpha value is -2.10. The van der Waals surface area contributed by atoms with Crippen molar-refractivity contribution in [2.75, 3.05) is 0 Å². The molecule has 0 unspecified atom stereocenters. The number of rotatable bonds is 4. The number of carbonyl (C=O) groups is 1. The van der Waals surface area contributed by atoms with Gasteiger partial charge in [0.25, 0.3) is 0 Å². The summed E-state index contributed by atoms with van der Waals surface area (Å²) in [5, 5.41) is 0. The van der Waals surface area contributed by atoms with Crippen LogP contribution in [0.2, 0.25) is 0 Å². The van der Waals surface area contributed by atoms with Gasteiger partial charge in [0.15, 0.2) is 0 Å². The lowest BCUT2D eigenvalue weighted by molar-refractivity contribution is -0.117. The molecule has 0 saturated heterocycles. The number of aromatic nitrogens is 1. The van der Waals surface area contributed by atoms with Gasteiger partial charge >= 0.3 is 0 Å². The first-order chi connectivity index (χ1) is 8.66. The minimum atomic E-state index is -0.690. The summed E-state index contributed by atoms with van der Waals surface area (Å²) in [5.74, 6) is -1.65. The summed E-state index contributed by atoms with van der Waals surface area (Å²) in [6.07, 6.45) is 1.40. The van der Waals surface area contributed by atoms with Crippen LogP contribution >= 0.6 is 0 Å². The number of pyridine rings is 1. The molecule has 1 aromatic carbocycles. The Morgan fingerprint density at radius 2 is 1.72 bits per heavy atom. The van der Waals surface area contributed by atoms with Gasteiger partial charge in [-0.1, -0.05) is 12.1 Å². The molecule has 0 spiro atoms. The quantitative estimate of drug-likeness (QED) is 0.831. The molecule has 0 aliphatic heterocycles. The first-order valence-corrected chi connectivity index (χ1v) is 5.51. The van der Waals surface area contributed by atoms with Gasteiger partial charge in [-0.25, -0.2) is 8.78 Å². The summed E-state index contributed by atoms with van der Waals surface area (Å²) < 4.78 is 26.7. The van der Waals surface area contributed by atoms with E-state index in [0.29, 0.717) is 5.69 Å². The highest BCUT2D eigenvalue weighted by molar-refractivity contribution is 5.82. The molecule has 2 aromatic rings. The predicted octanol–water partition coefficient (Wildman–Crippen LogP) is 2.71. The number of hydrogen-bond acceptors (Lipinski definition) is 2. The number of halogens is 2. The van der Waals surface area contributed by atoms with Crippen LogP contribution in [0.4, 0.5) is 8.78 Å². The molecule has 0 aliphatic carbocycles. The van der Waals surface area contributed by atoms with E-state index in [4.69, 9.17) is 0 Å². The van der Waals surface area contributed by atoms with E-state index in [0.717, 1.165) is 12.1 Å². The summed E-state index contributed by atoms with van der Waals surface area (Å²) in [4.78, 5) is 15.7. The topological polar surface area (TPSA) is 30.0 Å². The highest BCUT2D eigenvalue weighted by atomic mass is 19.1. The van der Waals surface area contributed by atoms with E-state index in [1.165, 1.54) is 6.07 Å². The molecule has 18 heavy (non-hydrogen) atoms. The van der Waals surface area contributed by atoms with Gasteiger partial charge in [-0.15, -0.1) is 0 Å². The molecule has 0 bridgehead atoms. The van der Waals surface area contributed by atoms with Crippen LogP contribution < -0.4 is 0 Å². The van der Waals surface area contributed by atoms with Crippen molar-refractivity contribution in [2.45, 2.75) is 12.8 Å². The fourth-order valence-electron chi connectivity index (χ4n) is 1.67. The van der Waals surface area contributed by atoms with Crippen molar-refractivity contribution in [2.24, 2.45) is 0 Å². The molecule has 0 fully saturated rings. The summed E-state index contributed by atoms with van der Waals surface area (Å²) in [5.41, 5.74) is 0.415. The van der Waals surface area contributed by atoms with E-state index < -0.39 is 11.6 Å². The van der Waals surface area contributed by atoms with Crippen LogP contribution in [0.15, 0.2) is 42.6 Å². The molecule has 1 heterocycles. The van der Waals surface area contributed by atoms with Crippen molar-refractivity contribution < 1.29 is 13.6 Å². The van der Waals surface area contributed by atoms with Crippen molar-refractivity contribution in [3.63, 3.8) is 0 Å². The van der Waals surface area contributed by atoms with Crippen LogP contribution in [-0.4, -0.2) is 10.8 Å². The van der Waals surface area contributed by atoms with E-state index >= 15 is 0 Å². The molecule has 0 saturated carbocycles. The number of ketones is 1. The van der Waals surface area contributed by atoms with Crippen LogP contribution in [0.25, 0.3) is 0 Å². The molecule has 0 amide bonds. The van der Waals surface area contributed by atoms with Crippen LogP contribution in [0.3, 0.4) is 0 Å². The van der Waals surface area contributed by atoms with Gasteiger partial charge in [0, 0.05) is 30.3 Å². The van der Waals surface area contributed by atoms with Crippen molar-refractivity contribution in [1.29, 1.82) is 0 Å². The SMILES string of the molecule is O=C(Cc1ccccn1)Cc1c(F)cccc1F. The Bertz CT molecular complexity index is 535. The summed E-state index contributed by atoms with van der Waals surface area (Å²) >= 11 is 0. The lowest BCUT2D eigenvalue weighted by Gasteiger charge is -2.04. The third kappa shape index (κ3) is 2.97. The van der Waals surface area contributed by atoms with Crippen molar-refractivity contribution in [3.05, 3.63) is 65.5 Å². The fourth-order valence-corrected chi connectivity index (χ4v) is 1.67. The van der Waals surface area contributed by atoms with E-state index in [9.17, 15) is 13.6 Å². The second kappa shape index (κ2) is 5.49. The molecule has 2 nitrogen and oxygen atoms in total. The number of benzene rings is 1. The second-order valence-electron chi connectivity index (χ2n) is 3.91. The minimum absolute atomic E-state index is 0.0780. The average Bonchev–Trinajstić information content (AvgIpc) is 2.35. The monoisotopic (exact) mass is 247 g/mol. The van der Waals surface area contributed by atoms with Gasteiger partial charge in [0.05, 0.1) is 0 Å². The van der Waals surface area contributed by atoms with Gasteiger partial charge in [-0.2, -0.15) is 0 Å². The zero-order valence-electron chi connectivity index (χ0n) is 9.57. The number of nitrogens with zero attached hydrogens (tertiary/aromatic N) is 1. The highest BCUT2D eigenvalue weighted by Crippen LogP contribution is 2.13. The Balaban J connectivity index is 2.08. The van der Waals surface area contributed by atoms with Crippen LogP contribution in [0.5, 0.6) is 0 Å². The predicted molar refractivity (Wildman–Crippen MR) is 63.0 cm³/mol. The first-order valence-electron chi connectivity index (χ1n) is 5.51. The molecule has 0 radical (unpaired) electrons. The Labute approximate surface area is 103 Å². The minimum Gasteiger partial charge on any atom is -0.299 e. The Morgan fingerprint density at radius 1 is 1.00 bits per heavy atom. The number of Topliss-reactive ketones (excluding diaryl/α,β-unsaturated/α-hetero) is 1. The summed E-state index contributed by atoms with van der Waals surface area (Å²) in [7, 11) is 0. The van der Waals surface area contributed by atoms with Gasteiger partial charge in [-0.05, 0) is 24.3 Å². The summed E-state index contributed by atoms with van der Waals surface area (Å²) in [6, 6.07) is 8.77. The zero-order chi connectivity index (χ0) is 13.0. The number of hydrogen-bond donors (Lipinski definition) is 0. The van der Waals surface area contributed by atoms with Crippen LogP contribution in [0.1, 0.15) is 11.3 Å². The Kier molecular flexibility index (Phi) is 3.77. The fraction of sp³-hybridized carbons (Fsp3) is 0.143. The molecule has 92 valence electrons. The van der Waals surface area contributed by atoms with Gasteiger partial charge < -0.3 is 0 Å². The van der Waals surface area contributed by atoms with E-state index in [1.807, 2.05) is 0 Å². The molecular formula is C14H11F2NO. The molecule has 2 rings (SSSR count). The van der Waals surface area contributed by atoms with Crippen molar-refractivity contribution in [1.82, 2.24) is 4.98 Å². The zero-order valence-corrected chi connectivity index (χ0v) is 9.57. The molecule has 0 atom stereocenters. The lowest BCUT2D eigenvalue weighted by atomic mass is 10.0. The lowest BCUT2D eigenvalue weighted by Crippen LogP contribution is -2.10. The maximum absolute atomic E-state index is 13.3. The molecule has 0 aliphatic rings. The second-order valence-corrected chi connectivity index (χ2v) is 3.91. The molecule has 0 N–H and O–H groups in total. The first kappa shape index (κ1) is 12.4. The standard InChI is InChI=1S/C14H11F2NO/c15-13-5-3-6-14(16)12(13)9-11(18)8-10-4-1-2-7-17-10/h1-7H,8-9H2. The largest absolute Gasteiger partial charge is 0.299 e.